The molecule has 0 aromatic carbocycles. The Kier molecular flexibility index (Phi) is 7.83. The number of nitrogens with zero attached hydrogens (tertiary/aromatic N) is 7. The van der Waals surface area contributed by atoms with E-state index in [1.807, 2.05) is 0 Å². The molecular weight excluding hydrogens is 408 g/mol. The number of tetrazole rings is 1. The van der Waals surface area contributed by atoms with Gasteiger partial charge in [-0.2, -0.15) is 5.53 Å². The quantitative estimate of drug-likeness (QED) is 0.488. The number of hydrogen-bond donors (Lipinski definition) is 3. The van der Waals surface area contributed by atoms with E-state index in [1.54, 1.807) is 46.6 Å². The van der Waals surface area contributed by atoms with Crippen molar-refractivity contribution < 1.29 is 19.1 Å². The van der Waals surface area contributed by atoms with Gasteiger partial charge in [0, 0.05) is 19.6 Å². The molecular formula is C17H31N10O4. The number of carbonyl (C=O) groups excluding carboxylic acids is 2. The zero-order chi connectivity index (χ0) is 23.1. The zero-order valence-electron chi connectivity index (χ0n) is 18.8. The minimum atomic E-state index is -0.574. The van der Waals surface area contributed by atoms with E-state index in [-0.39, 0.29) is 6.54 Å². The molecule has 0 atom stereocenters. The number of aromatic nitrogens is 4. The van der Waals surface area contributed by atoms with Crippen LogP contribution >= 0.6 is 0 Å². The number of amides is 2. The number of rotatable bonds is 8. The van der Waals surface area contributed by atoms with Gasteiger partial charge in [-0.3, -0.25) is 0 Å². The number of hydrogen-bond acceptors (Lipinski definition) is 11. The first-order valence-electron chi connectivity index (χ1n) is 9.93. The average molecular weight is 440 g/mol. The van der Waals surface area contributed by atoms with Crippen LogP contribution in [0.4, 0.5) is 15.5 Å². The summed E-state index contributed by atoms with van der Waals surface area (Å²) in [6, 6.07) is 0. The van der Waals surface area contributed by atoms with Crippen molar-refractivity contribution in [3.63, 3.8) is 0 Å². The number of ether oxygens (including phenoxy) is 2. The zero-order valence-corrected chi connectivity index (χ0v) is 18.8. The first-order chi connectivity index (χ1) is 14.4. The fourth-order valence-electron chi connectivity index (χ4n) is 2.34. The third kappa shape index (κ3) is 8.52. The first kappa shape index (κ1) is 24.0. The van der Waals surface area contributed by atoms with E-state index in [1.165, 1.54) is 9.80 Å². The highest BCUT2D eigenvalue weighted by atomic mass is 16.6. The SMILES string of the molecule is CC(C)(C)OC(=O)NCCCN1[C]=NNN1c1nnnn1CCNC(=O)OC(C)(C)C. The lowest BCUT2D eigenvalue weighted by Crippen LogP contribution is -2.46. The second-order valence-electron chi connectivity index (χ2n) is 8.66. The molecule has 1 aliphatic heterocycles. The molecule has 0 fully saturated rings. The molecule has 2 rings (SSSR count). The lowest BCUT2D eigenvalue weighted by Gasteiger charge is -2.26. The molecule has 0 unspecified atom stereocenters. The van der Waals surface area contributed by atoms with Crippen LogP contribution in [0.15, 0.2) is 5.10 Å². The molecule has 1 aliphatic rings. The second kappa shape index (κ2) is 10.1. The molecule has 0 bridgehead atoms. The van der Waals surface area contributed by atoms with Crippen molar-refractivity contribution in [2.75, 3.05) is 24.8 Å². The van der Waals surface area contributed by atoms with Gasteiger partial charge in [-0.1, -0.05) is 5.10 Å². The van der Waals surface area contributed by atoms with Crippen LogP contribution in [0.2, 0.25) is 0 Å². The standard InChI is InChI=1S/C17H31N10O4/c1-16(2,3)30-14(28)18-8-7-10-25-12-20-23-27(25)13-21-22-24-26(13)11-9-19-15(29)31-17(4,5)6/h23H,7-11H2,1-6H3,(H,18,28)(H,19,29). The summed E-state index contributed by atoms with van der Waals surface area (Å²) in [5.74, 6) is 0.361. The van der Waals surface area contributed by atoms with E-state index in [2.05, 4.69) is 43.1 Å². The highest BCUT2D eigenvalue weighted by molar-refractivity contribution is 5.68. The fraction of sp³-hybridized carbons (Fsp3) is 0.765. The van der Waals surface area contributed by atoms with E-state index in [0.29, 0.717) is 32.0 Å². The number of carbonyl (C=O) groups is 2. The van der Waals surface area contributed by atoms with Gasteiger partial charge in [0.25, 0.3) is 5.95 Å². The van der Waals surface area contributed by atoms with E-state index in [0.717, 1.165) is 0 Å². The Bertz CT molecular complexity index is 768. The van der Waals surface area contributed by atoms with E-state index < -0.39 is 23.4 Å². The molecule has 1 radical (unpaired) electrons. The maximum Gasteiger partial charge on any atom is 0.407 e. The van der Waals surface area contributed by atoms with Crippen LogP contribution in [0.1, 0.15) is 48.0 Å². The highest BCUT2D eigenvalue weighted by Crippen LogP contribution is 2.12. The van der Waals surface area contributed by atoms with Crippen molar-refractivity contribution in [1.82, 2.24) is 41.4 Å². The number of hydrazine groups is 2. The van der Waals surface area contributed by atoms with Crippen LogP contribution in [0.25, 0.3) is 0 Å². The number of hydrazone groups is 1. The molecule has 3 N–H and O–H groups in total. The first-order valence-corrected chi connectivity index (χ1v) is 9.93. The molecule has 14 heteroatoms. The highest BCUT2D eigenvalue weighted by Gasteiger charge is 2.25. The summed E-state index contributed by atoms with van der Waals surface area (Å²) in [6.45, 7) is 12.3. The number of alkyl carbamates (subject to hydrolysis) is 2. The molecule has 14 nitrogen and oxygen atoms in total. The Morgan fingerprint density at radius 2 is 1.61 bits per heavy atom. The van der Waals surface area contributed by atoms with Gasteiger partial charge >= 0.3 is 12.2 Å². The van der Waals surface area contributed by atoms with Gasteiger partial charge in [0.1, 0.15) is 11.2 Å². The van der Waals surface area contributed by atoms with Crippen LogP contribution in [-0.4, -0.2) is 74.6 Å². The normalized spacial score (nSPS) is 13.7. The third-order valence-corrected chi connectivity index (χ3v) is 3.46. The largest absolute Gasteiger partial charge is 0.444 e. The monoisotopic (exact) mass is 439 g/mol. The Balaban J connectivity index is 1.79. The maximum atomic E-state index is 11.8. The van der Waals surface area contributed by atoms with Crippen molar-refractivity contribution in [2.24, 2.45) is 5.10 Å². The summed E-state index contributed by atoms with van der Waals surface area (Å²) in [6.07, 6.45) is 2.39. The van der Waals surface area contributed by atoms with Crippen molar-refractivity contribution in [3.05, 3.63) is 0 Å². The van der Waals surface area contributed by atoms with Gasteiger partial charge < -0.3 is 20.1 Å². The Labute approximate surface area is 181 Å². The van der Waals surface area contributed by atoms with E-state index in [9.17, 15) is 9.59 Å². The van der Waals surface area contributed by atoms with Crippen LogP contribution in [0.3, 0.4) is 0 Å². The van der Waals surface area contributed by atoms with Crippen LogP contribution in [0, 0.1) is 0 Å². The van der Waals surface area contributed by atoms with Crippen molar-refractivity contribution in [1.29, 1.82) is 0 Å². The van der Waals surface area contributed by atoms with E-state index >= 15 is 0 Å². The molecule has 31 heavy (non-hydrogen) atoms. The second-order valence-corrected chi connectivity index (χ2v) is 8.66. The summed E-state index contributed by atoms with van der Waals surface area (Å²) < 4.78 is 11.9. The van der Waals surface area contributed by atoms with Gasteiger partial charge in [-0.05, 0) is 58.4 Å². The third-order valence-electron chi connectivity index (χ3n) is 3.46. The maximum absolute atomic E-state index is 11.8. The van der Waals surface area contributed by atoms with Crippen molar-refractivity contribution in [2.45, 2.75) is 65.7 Å². The lowest BCUT2D eigenvalue weighted by atomic mass is 10.2. The number of anilines is 1. The number of nitrogens with one attached hydrogen (secondary N) is 3. The summed E-state index contributed by atoms with van der Waals surface area (Å²) in [7, 11) is 0. The van der Waals surface area contributed by atoms with Crippen LogP contribution < -0.4 is 21.3 Å². The molecule has 2 amide bonds. The Morgan fingerprint density at radius 1 is 1.00 bits per heavy atom. The summed E-state index contributed by atoms with van der Waals surface area (Å²) in [5.41, 5.74) is 1.63. The minimum Gasteiger partial charge on any atom is -0.444 e. The van der Waals surface area contributed by atoms with Gasteiger partial charge in [0.15, 0.2) is 0 Å². The Morgan fingerprint density at radius 3 is 2.23 bits per heavy atom. The van der Waals surface area contributed by atoms with Crippen molar-refractivity contribution >= 4 is 24.5 Å². The molecule has 173 valence electrons. The van der Waals surface area contributed by atoms with Gasteiger partial charge in [-0.25, -0.2) is 19.3 Å². The molecule has 0 saturated heterocycles. The van der Waals surface area contributed by atoms with Crippen LogP contribution in [-0.2, 0) is 16.0 Å². The fourth-order valence-corrected chi connectivity index (χ4v) is 2.34. The molecule has 0 spiro atoms. The molecule has 1 aromatic heterocycles. The molecule has 0 aliphatic carbocycles. The van der Waals surface area contributed by atoms with Crippen LogP contribution in [0.5, 0.6) is 0 Å². The van der Waals surface area contributed by atoms with Crippen molar-refractivity contribution in [3.8, 4) is 0 Å². The smallest absolute Gasteiger partial charge is 0.407 e. The molecule has 1 aromatic rings. The molecule has 0 saturated carbocycles. The minimum absolute atomic E-state index is 0.269. The van der Waals surface area contributed by atoms with E-state index in [4.69, 9.17) is 9.47 Å². The topological polar surface area (TPSA) is 151 Å². The summed E-state index contributed by atoms with van der Waals surface area (Å²) in [5, 5.41) is 24.0. The predicted octanol–water partition coefficient (Wildman–Crippen LogP) is 0.475. The van der Waals surface area contributed by atoms with Gasteiger partial charge in [-0.15, -0.1) is 10.2 Å². The summed E-state index contributed by atoms with van der Waals surface area (Å²) in [4.78, 5) is 23.5. The molecule has 2 heterocycles. The summed E-state index contributed by atoms with van der Waals surface area (Å²) >= 11 is 0. The average Bonchev–Trinajstić information content (AvgIpc) is 3.24. The predicted molar refractivity (Wildman–Crippen MR) is 111 cm³/mol. The Hall–Kier alpha value is -3.32. The van der Waals surface area contributed by atoms with Gasteiger partial charge in [0.05, 0.1) is 6.54 Å². The van der Waals surface area contributed by atoms with Gasteiger partial charge in [0.2, 0.25) is 6.34 Å². The lowest BCUT2D eigenvalue weighted by molar-refractivity contribution is 0.0514.